The molecule has 2 aromatic rings. The molecule has 0 aromatic heterocycles. The third-order valence-corrected chi connectivity index (χ3v) is 4.54. The molecule has 2 aromatic carbocycles. The first-order valence-electron chi connectivity index (χ1n) is 8.78. The molecule has 0 atom stereocenters. The Morgan fingerprint density at radius 2 is 2.00 bits per heavy atom. The topological polar surface area (TPSA) is 89.8 Å². The first-order valence-corrected chi connectivity index (χ1v) is 8.78. The van der Waals surface area contributed by atoms with E-state index in [-0.39, 0.29) is 36.2 Å². The molecular formula is C20H20N2O5. The van der Waals surface area contributed by atoms with Crippen LogP contribution in [0, 0.1) is 10.1 Å². The van der Waals surface area contributed by atoms with Crippen LogP contribution in [0.2, 0.25) is 0 Å². The molecule has 7 heteroatoms. The van der Waals surface area contributed by atoms with E-state index in [1.165, 1.54) is 13.0 Å². The maximum atomic E-state index is 12.5. The van der Waals surface area contributed by atoms with Crippen LogP contribution in [0.3, 0.4) is 0 Å². The van der Waals surface area contributed by atoms with Crippen LogP contribution in [0.25, 0.3) is 0 Å². The van der Waals surface area contributed by atoms with Crippen LogP contribution in [0.1, 0.15) is 35.7 Å². The number of Topliss-reactive ketones (excluding diaryl/α,β-unsaturated/α-hetero) is 1. The van der Waals surface area contributed by atoms with E-state index in [2.05, 4.69) is 0 Å². The van der Waals surface area contributed by atoms with Crippen LogP contribution >= 0.6 is 0 Å². The molecule has 0 N–H and O–H groups in total. The van der Waals surface area contributed by atoms with E-state index < -0.39 is 4.92 Å². The normalized spacial score (nSPS) is 12.6. The third-order valence-electron chi connectivity index (χ3n) is 4.54. The number of benzene rings is 2. The van der Waals surface area contributed by atoms with Gasteiger partial charge in [0.25, 0.3) is 0 Å². The first kappa shape index (κ1) is 18.6. The minimum Gasteiger partial charge on any atom is -0.487 e. The number of nitro groups is 1. The van der Waals surface area contributed by atoms with Gasteiger partial charge in [-0.05, 0) is 49.6 Å². The summed E-state index contributed by atoms with van der Waals surface area (Å²) in [4.78, 5) is 36.2. The van der Waals surface area contributed by atoms with Gasteiger partial charge in [0.1, 0.15) is 0 Å². The second kappa shape index (κ2) is 7.99. The maximum absolute atomic E-state index is 12.5. The number of hydrogen-bond donors (Lipinski definition) is 0. The molecule has 1 aliphatic rings. The lowest BCUT2D eigenvalue weighted by atomic mass is 10.1. The molecule has 7 nitrogen and oxygen atoms in total. The van der Waals surface area contributed by atoms with Crippen LogP contribution in [-0.2, 0) is 11.2 Å². The van der Waals surface area contributed by atoms with Gasteiger partial charge in [0.2, 0.25) is 5.91 Å². The monoisotopic (exact) mass is 368 g/mol. The van der Waals surface area contributed by atoms with Crippen molar-refractivity contribution in [2.45, 2.75) is 26.2 Å². The van der Waals surface area contributed by atoms with Gasteiger partial charge in [0.15, 0.2) is 11.5 Å². The van der Waals surface area contributed by atoms with Gasteiger partial charge >= 0.3 is 5.69 Å². The third kappa shape index (κ3) is 4.13. The summed E-state index contributed by atoms with van der Waals surface area (Å²) >= 11 is 0. The van der Waals surface area contributed by atoms with Crippen LogP contribution in [0.5, 0.6) is 5.75 Å². The SMILES string of the molecule is CC(=O)c1ccc2c(c1)CCN2C(=O)CCCOc1ccccc1[N+](=O)[O-]. The molecule has 1 aliphatic heterocycles. The van der Waals surface area contributed by atoms with Crippen molar-refractivity contribution < 1.29 is 19.2 Å². The summed E-state index contributed by atoms with van der Waals surface area (Å²) < 4.78 is 5.47. The number of carbonyl (C=O) groups is 2. The number of nitro benzene ring substituents is 1. The van der Waals surface area contributed by atoms with Gasteiger partial charge in [-0.25, -0.2) is 0 Å². The number of anilines is 1. The Hall–Kier alpha value is -3.22. The molecule has 3 rings (SSSR count). The second-order valence-corrected chi connectivity index (χ2v) is 6.37. The van der Waals surface area contributed by atoms with Crippen molar-refractivity contribution in [1.29, 1.82) is 0 Å². The van der Waals surface area contributed by atoms with Gasteiger partial charge in [-0.15, -0.1) is 0 Å². The van der Waals surface area contributed by atoms with Crippen molar-refractivity contribution in [1.82, 2.24) is 0 Å². The number of fused-ring (bicyclic) bond motifs is 1. The quantitative estimate of drug-likeness (QED) is 0.323. The van der Waals surface area contributed by atoms with Crippen molar-refractivity contribution in [2.24, 2.45) is 0 Å². The largest absolute Gasteiger partial charge is 0.487 e. The number of para-hydroxylation sites is 2. The Morgan fingerprint density at radius 3 is 2.74 bits per heavy atom. The molecule has 0 spiro atoms. The highest BCUT2D eigenvalue weighted by Gasteiger charge is 2.25. The van der Waals surface area contributed by atoms with Crippen molar-refractivity contribution >= 4 is 23.1 Å². The summed E-state index contributed by atoms with van der Waals surface area (Å²) in [6.45, 7) is 2.35. The Kier molecular flexibility index (Phi) is 5.49. The minimum absolute atomic E-state index is 0.00901. The Labute approximate surface area is 156 Å². The van der Waals surface area contributed by atoms with Gasteiger partial charge in [-0.1, -0.05) is 12.1 Å². The van der Waals surface area contributed by atoms with Crippen molar-refractivity contribution in [3.8, 4) is 5.75 Å². The van der Waals surface area contributed by atoms with E-state index in [9.17, 15) is 19.7 Å². The number of rotatable bonds is 7. The van der Waals surface area contributed by atoms with Crippen LogP contribution in [0.15, 0.2) is 42.5 Å². The second-order valence-electron chi connectivity index (χ2n) is 6.37. The number of nitrogens with zero attached hydrogens (tertiary/aromatic N) is 2. The molecule has 0 bridgehead atoms. The molecular weight excluding hydrogens is 348 g/mol. The molecule has 0 unspecified atom stereocenters. The number of amides is 1. The summed E-state index contributed by atoms with van der Waals surface area (Å²) in [6.07, 6.45) is 1.48. The summed E-state index contributed by atoms with van der Waals surface area (Å²) in [6, 6.07) is 11.6. The average molecular weight is 368 g/mol. The standard InChI is InChI=1S/C20H20N2O5/c1-14(23)15-8-9-17-16(13-15)10-11-21(17)20(24)7-4-12-27-19-6-3-2-5-18(19)22(25)26/h2-3,5-6,8-9,13H,4,7,10-12H2,1H3. The zero-order valence-corrected chi connectivity index (χ0v) is 15.0. The van der Waals surface area contributed by atoms with Gasteiger partial charge < -0.3 is 9.64 Å². The summed E-state index contributed by atoms with van der Waals surface area (Å²) in [5.41, 5.74) is 2.43. The number of hydrogen-bond acceptors (Lipinski definition) is 5. The molecule has 0 aliphatic carbocycles. The molecule has 0 saturated carbocycles. The molecule has 1 heterocycles. The zero-order valence-electron chi connectivity index (χ0n) is 15.0. The minimum atomic E-state index is -0.489. The van der Waals surface area contributed by atoms with Gasteiger partial charge in [0, 0.05) is 30.3 Å². The van der Waals surface area contributed by atoms with E-state index in [0.717, 1.165) is 17.7 Å². The molecule has 0 fully saturated rings. The summed E-state index contributed by atoms with van der Waals surface area (Å²) in [5.74, 6) is 0.198. The fourth-order valence-corrected chi connectivity index (χ4v) is 3.15. The summed E-state index contributed by atoms with van der Waals surface area (Å²) in [7, 11) is 0. The smallest absolute Gasteiger partial charge is 0.310 e. The predicted octanol–water partition coefficient (Wildman–Crippen LogP) is 3.55. The van der Waals surface area contributed by atoms with E-state index in [1.54, 1.807) is 29.2 Å². The Morgan fingerprint density at radius 1 is 1.22 bits per heavy atom. The van der Waals surface area contributed by atoms with Gasteiger partial charge in [0.05, 0.1) is 11.5 Å². The molecule has 27 heavy (non-hydrogen) atoms. The fourth-order valence-electron chi connectivity index (χ4n) is 3.15. The lowest BCUT2D eigenvalue weighted by Crippen LogP contribution is -2.28. The van der Waals surface area contributed by atoms with E-state index in [4.69, 9.17) is 4.74 Å². The molecule has 0 saturated heterocycles. The fraction of sp³-hybridized carbons (Fsp3) is 0.300. The van der Waals surface area contributed by atoms with Crippen molar-refractivity contribution in [3.05, 3.63) is 63.7 Å². The lowest BCUT2D eigenvalue weighted by molar-refractivity contribution is -0.385. The van der Waals surface area contributed by atoms with Crippen LogP contribution in [-0.4, -0.2) is 29.8 Å². The predicted molar refractivity (Wildman–Crippen MR) is 100 cm³/mol. The number of carbonyl (C=O) groups excluding carboxylic acids is 2. The summed E-state index contributed by atoms with van der Waals surface area (Å²) in [5, 5.41) is 11.0. The highest BCUT2D eigenvalue weighted by atomic mass is 16.6. The average Bonchev–Trinajstić information content (AvgIpc) is 3.08. The Balaban J connectivity index is 1.54. The number of ether oxygens (including phenoxy) is 1. The first-order chi connectivity index (χ1) is 13.0. The molecule has 1 amide bonds. The van der Waals surface area contributed by atoms with Crippen molar-refractivity contribution in [2.75, 3.05) is 18.1 Å². The van der Waals surface area contributed by atoms with Gasteiger partial charge in [-0.2, -0.15) is 0 Å². The molecule has 0 radical (unpaired) electrons. The van der Waals surface area contributed by atoms with E-state index in [1.807, 2.05) is 12.1 Å². The van der Waals surface area contributed by atoms with Crippen LogP contribution < -0.4 is 9.64 Å². The van der Waals surface area contributed by atoms with E-state index in [0.29, 0.717) is 18.5 Å². The molecule has 140 valence electrons. The van der Waals surface area contributed by atoms with Crippen LogP contribution in [0.4, 0.5) is 11.4 Å². The lowest BCUT2D eigenvalue weighted by Gasteiger charge is -2.17. The van der Waals surface area contributed by atoms with E-state index >= 15 is 0 Å². The van der Waals surface area contributed by atoms with Crippen molar-refractivity contribution in [3.63, 3.8) is 0 Å². The highest BCUT2D eigenvalue weighted by Crippen LogP contribution is 2.30. The highest BCUT2D eigenvalue weighted by molar-refractivity contribution is 5.98. The zero-order chi connectivity index (χ0) is 19.4. The Bertz CT molecular complexity index is 894. The number of ketones is 1. The maximum Gasteiger partial charge on any atom is 0.310 e. The van der Waals surface area contributed by atoms with Gasteiger partial charge in [-0.3, -0.25) is 19.7 Å².